The van der Waals surface area contributed by atoms with Crippen LogP contribution < -0.4 is 10.6 Å². The Morgan fingerprint density at radius 2 is 2.28 bits per heavy atom. The summed E-state index contributed by atoms with van der Waals surface area (Å²) >= 11 is 1.48. The number of hydrogen-bond acceptors (Lipinski definition) is 4. The fourth-order valence-corrected chi connectivity index (χ4v) is 2.61. The Balaban J connectivity index is 1.82. The van der Waals surface area contributed by atoms with Crippen molar-refractivity contribution in [2.75, 3.05) is 25.0 Å². The van der Waals surface area contributed by atoms with Crippen molar-refractivity contribution < 1.29 is 4.18 Å². The summed E-state index contributed by atoms with van der Waals surface area (Å²) in [5.74, 6) is 0. The molecule has 98 valence electrons. The Hall–Kier alpha value is -0.970. The van der Waals surface area contributed by atoms with E-state index in [9.17, 15) is 0 Å². The fourth-order valence-electron chi connectivity index (χ4n) is 1.86. The van der Waals surface area contributed by atoms with Crippen LogP contribution in [0.1, 0.15) is 12.8 Å². The van der Waals surface area contributed by atoms with Crippen molar-refractivity contribution in [3.63, 3.8) is 0 Å². The molecule has 1 aliphatic rings. The van der Waals surface area contributed by atoms with Gasteiger partial charge in [-0.25, -0.2) is 0 Å². The van der Waals surface area contributed by atoms with Crippen LogP contribution in [0, 0.1) is 0 Å². The monoisotopic (exact) mass is 264 g/mol. The molecule has 18 heavy (non-hydrogen) atoms. The zero-order chi connectivity index (χ0) is 12.6. The van der Waals surface area contributed by atoms with Gasteiger partial charge in [0.2, 0.25) is 0 Å². The van der Waals surface area contributed by atoms with E-state index in [4.69, 9.17) is 4.18 Å². The predicted octanol–water partition coefficient (Wildman–Crippen LogP) is 3.06. The molecule has 1 heterocycles. The third-order valence-corrected chi connectivity index (χ3v) is 3.67. The number of anilines is 1. The minimum atomic E-state index is 0.376. The highest BCUT2D eigenvalue weighted by atomic mass is 32.2. The lowest BCUT2D eigenvalue weighted by molar-refractivity contribution is 0.194. The first kappa shape index (κ1) is 13.5. The zero-order valence-electron chi connectivity index (χ0n) is 10.5. The first-order valence-electron chi connectivity index (χ1n) is 6.37. The number of benzene rings is 1. The maximum absolute atomic E-state index is 5.86. The summed E-state index contributed by atoms with van der Waals surface area (Å²) in [4.78, 5) is 1.14. The molecule has 2 N–H and O–H groups in total. The predicted molar refractivity (Wildman–Crippen MR) is 78.0 cm³/mol. The average Bonchev–Trinajstić information content (AvgIpc) is 2.44. The van der Waals surface area contributed by atoms with Gasteiger partial charge >= 0.3 is 0 Å². The van der Waals surface area contributed by atoms with Crippen molar-refractivity contribution in [2.24, 2.45) is 0 Å². The molecule has 1 fully saturated rings. The Morgan fingerprint density at radius 1 is 1.44 bits per heavy atom. The van der Waals surface area contributed by atoms with Crippen molar-refractivity contribution in [1.29, 1.82) is 0 Å². The highest BCUT2D eigenvalue weighted by molar-refractivity contribution is 7.94. The zero-order valence-corrected chi connectivity index (χ0v) is 11.3. The van der Waals surface area contributed by atoms with Gasteiger partial charge in [-0.05, 0) is 44.1 Å². The van der Waals surface area contributed by atoms with Crippen molar-refractivity contribution in [3.05, 3.63) is 36.9 Å². The summed E-state index contributed by atoms with van der Waals surface area (Å²) in [7, 11) is 0. The fraction of sp³-hybridized carbons (Fsp3) is 0.429. The second kappa shape index (κ2) is 7.46. The number of rotatable bonds is 6. The summed E-state index contributed by atoms with van der Waals surface area (Å²) in [6, 6.07) is 8.28. The van der Waals surface area contributed by atoms with E-state index in [0.29, 0.717) is 6.10 Å². The van der Waals surface area contributed by atoms with Crippen LogP contribution >= 0.6 is 12.0 Å². The Labute approximate surface area is 113 Å². The van der Waals surface area contributed by atoms with Crippen LogP contribution in [-0.4, -0.2) is 25.7 Å². The Bertz CT molecular complexity index is 378. The quantitative estimate of drug-likeness (QED) is 0.611. The van der Waals surface area contributed by atoms with Crippen LogP contribution in [0.15, 0.2) is 41.8 Å². The summed E-state index contributed by atoms with van der Waals surface area (Å²) < 4.78 is 5.86. The van der Waals surface area contributed by atoms with Crippen molar-refractivity contribution in [3.8, 4) is 0 Å². The smallest absolute Gasteiger partial charge is 0.0751 e. The SMILES string of the molecule is C=CCNc1cccc(SOC2CCNCC2)c1. The number of nitrogens with one attached hydrogen (secondary N) is 2. The molecule has 0 bridgehead atoms. The summed E-state index contributed by atoms with van der Waals surface area (Å²) in [5, 5.41) is 6.61. The van der Waals surface area contributed by atoms with E-state index in [1.165, 1.54) is 12.0 Å². The summed E-state index contributed by atoms with van der Waals surface area (Å²) in [6.07, 6.45) is 4.43. The number of hydrogen-bond donors (Lipinski definition) is 2. The van der Waals surface area contributed by atoms with Gasteiger partial charge in [0.1, 0.15) is 0 Å². The normalized spacial score (nSPS) is 16.4. The van der Waals surface area contributed by atoms with E-state index < -0.39 is 0 Å². The van der Waals surface area contributed by atoms with Gasteiger partial charge in [0.25, 0.3) is 0 Å². The molecule has 3 nitrogen and oxygen atoms in total. The topological polar surface area (TPSA) is 33.3 Å². The van der Waals surface area contributed by atoms with E-state index >= 15 is 0 Å². The van der Waals surface area contributed by atoms with E-state index in [1.807, 2.05) is 12.1 Å². The first-order chi connectivity index (χ1) is 8.88. The largest absolute Gasteiger partial charge is 0.382 e. The van der Waals surface area contributed by atoms with Gasteiger partial charge in [0, 0.05) is 29.2 Å². The Kier molecular flexibility index (Phi) is 5.58. The number of piperidine rings is 1. The molecular formula is C14H20N2OS. The molecule has 1 aromatic carbocycles. The lowest BCUT2D eigenvalue weighted by atomic mass is 10.1. The van der Waals surface area contributed by atoms with Crippen LogP contribution in [0.25, 0.3) is 0 Å². The molecule has 4 heteroatoms. The van der Waals surface area contributed by atoms with Gasteiger partial charge in [-0.1, -0.05) is 12.1 Å². The van der Waals surface area contributed by atoms with Gasteiger partial charge in [-0.3, -0.25) is 0 Å². The molecule has 0 radical (unpaired) electrons. The molecule has 1 aliphatic heterocycles. The minimum absolute atomic E-state index is 0.376. The van der Waals surface area contributed by atoms with Crippen LogP contribution in [-0.2, 0) is 4.18 Å². The molecule has 1 aromatic rings. The highest BCUT2D eigenvalue weighted by Crippen LogP contribution is 2.26. The second-order valence-corrected chi connectivity index (χ2v) is 5.16. The second-order valence-electron chi connectivity index (χ2n) is 4.33. The molecule has 2 rings (SSSR count). The Morgan fingerprint density at radius 3 is 3.06 bits per heavy atom. The molecular weight excluding hydrogens is 244 g/mol. The average molecular weight is 264 g/mol. The molecule has 0 aromatic heterocycles. The lowest BCUT2D eigenvalue weighted by Gasteiger charge is -2.21. The van der Waals surface area contributed by atoms with Crippen molar-refractivity contribution >= 4 is 17.7 Å². The van der Waals surface area contributed by atoms with Crippen LogP contribution in [0.2, 0.25) is 0 Å². The molecule has 0 spiro atoms. The third-order valence-electron chi connectivity index (χ3n) is 2.85. The van der Waals surface area contributed by atoms with Crippen LogP contribution in [0.3, 0.4) is 0 Å². The van der Waals surface area contributed by atoms with Crippen LogP contribution in [0.4, 0.5) is 5.69 Å². The van der Waals surface area contributed by atoms with Crippen molar-refractivity contribution in [2.45, 2.75) is 23.8 Å². The van der Waals surface area contributed by atoms with E-state index in [1.54, 1.807) is 0 Å². The summed E-state index contributed by atoms with van der Waals surface area (Å²) in [6.45, 7) is 6.60. The molecule has 0 atom stereocenters. The molecule has 0 amide bonds. The molecule has 0 unspecified atom stereocenters. The van der Waals surface area contributed by atoms with E-state index in [2.05, 4.69) is 35.4 Å². The molecule has 1 saturated heterocycles. The third kappa shape index (κ3) is 4.37. The minimum Gasteiger partial charge on any atom is -0.382 e. The lowest BCUT2D eigenvalue weighted by Crippen LogP contribution is -2.31. The maximum atomic E-state index is 5.86. The van der Waals surface area contributed by atoms with E-state index in [-0.39, 0.29) is 0 Å². The summed E-state index contributed by atoms with van der Waals surface area (Å²) in [5.41, 5.74) is 1.11. The standard InChI is InChI=1S/C14H20N2OS/c1-2-8-16-12-4-3-5-14(11-12)18-17-13-6-9-15-10-7-13/h2-5,11,13,15-16H,1,6-10H2. The van der Waals surface area contributed by atoms with Crippen molar-refractivity contribution in [1.82, 2.24) is 5.32 Å². The molecule has 0 saturated carbocycles. The maximum Gasteiger partial charge on any atom is 0.0751 e. The van der Waals surface area contributed by atoms with Gasteiger partial charge < -0.3 is 14.8 Å². The molecule has 0 aliphatic carbocycles. The van der Waals surface area contributed by atoms with Crippen LogP contribution in [0.5, 0.6) is 0 Å². The highest BCUT2D eigenvalue weighted by Gasteiger charge is 2.14. The van der Waals surface area contributed by atoms with Gasteiger partial charge in [-0.15, -0.1) is 6.58 Å². The van der Waals surface area contributed by atoms with Gasteiger partial charge in [0.05, 0.1) is 6.10 Å². The van der Waals surface area contributed by atoms with Gasteiger partial charge in [0.15, 0.2) is 0 Å². The van der Waals surface area contributed by atoms with E-state index in [0.717, 1.165) is 43.1 Å². The first-order valence-corrected chi connectivity index (χ1v) is 7.11. The van der Waals surface area contributed by atoms with Gasteiger partial charge in [-0.2, -0.15) is 0 Å².